The number of rotatable bonds is 7. The lowest BCUT2D eigenvalue weighted by molar-refractivity contribution is -0.142. The number of carbonyl (C=O) groups is 3. The van der Waals surface area contributed by atoms with E-state index >= 15 is 0 Å². The van der Waals surface area contributed by atoms with Gasteiger partial charge in [-0.3, -0.25) is 24.0 Å². The number of sulfonamides is 1. The molecule has 1 saturated heterocycles. The number of ether oxygens (including phenoxy) is 1. The fourth-order valence-corrected chi connectivity index (χ4v) is 5.68. The Kier molecular flexibility index (Phi) is 6.63. The molecule has 11 heteroatoms. The van der Waals surface area contributed by atoms with E-state index in [-0.39, 0.29) is 33.1 Å². The number of halogens is 1. The topological polar surface area (TPSA) is 122 Å². The zero-order valence-corrected chi connectivity index (χ0v) is 19.7. The summed E-state index contributed by atoms with van der Waals surface area (Å²) in [5.41, 5.74) is 0.366. The number of fused-ring (bicyclic) bond motifs is 1. The number of para-hydroxylation sites is 2. The molecule has 9 nitrogen and oxygen atoms in total. The number of methoxy groups -OCH3 is 1. The number of likely N-dealkylation sites (tertiary alicyclic amines) is 1. The van der Waals surface area contributed by atoms with Crippen LogP contribution < -0.4 is 14.8 Å². The standard InChI is InChI=1S/C23H22ClN3O6S/c1-33-19-9-5-4-8-18(19)26-34(31,32)20-12-14(10-11-17(20)24)25-21(28)13-27-22(29)15-6-2-3-7-16(15)23(27)30/h2-5,8-12,15-16,26H,6-7,13H2,1H3,(H,25,28)/t15-,16-/m0/s1. The van der Waals surface area contributed by atoms with Gasteiger partial charge < -0.3 is 10.1 Å². The van der Waals surface area contributed by atoms with E-state index in [2.05, 4.69) is 10.0 Å². The molecule has 1 heterocycles. The van der Waals surface area contributed by atoms with Crippen LogP contribution in [0.2, 0.25) is 5.02 Å². The number of carbonyl (C=O) groups excluding carboxylic acids is 3. The molecule has 0 radical (unpaired) electrons. The Bertz CT molecular complexity index is 1270. The Morgan fingerprint density at radius 3 is 2.38 bits per heavy atom. The molecule has 0 aromatic heterocycles. The molecule has 1 aliphatic carbocycles. The molecule has 2 aromatic carbocycles. The first-order valence-corrected chi connectivity index (χ1v) is 12.3. The predicted molar refractivity (Wildman–Crippen MR) is 126 cm³/mol. The first kappa shape index (κ1) is 23.8. The summed E-state index contributed by atoms with van der Waals surface area (Å²) in [6.07, 6.45) is 4.69. The van der Waals surface area contributed by atoms with Crippen molar-refractivity contribution >= 4 is 50.7 Å². The van der Waals surface area contributed by atoms with E-state index in [9.17, 15) is 22.8 Å². The van der Waals surface area contributed by atoms with Crippen LogP contribution in [-0.2, 0) is 24.4 Å². The number of amides is 3. The van der Waals surface area contributed by atoms with Crippen LogP contribution in [-0.4, -0.2) is 44.7 Å². The molecular weight excluding hydrogens is 482 g/mol. The van der Waals surface area contributed by atoms with Gasteiger partial charge in [-0.2, -0.15) is 0 Å². The molecule has 1 aliphatic heterocycles. The summed E-state index contributed by atoms with van der Waals surface area (Å²) in [6.45, 7) is -0.450. The third-order valence-electron chi connectivity index (χ3n) is 5.76. The Morgan fingerprint density at radius 1 is 1.09 bits per heavy atom. The quantitative estimate of drug-likeness (QED) is 0.442. The Labute approximate surface area is 201 Å². The van der Waals surface area contributed by atoms with Crippen LogP contribution in [0.25, 0.3) is 0 Å². The zero-order valence-electron chi connectivity index (χ0n) is 18.2. The maximum Gasteiger partial charge on any atom is 0.263 e. The van der Waals surface area contributed by atoms with Gasteiger partial charge in [0.05, 0.1) is 29.7 Å². The van der Waals surface area contributed by atoms with Gasteiger partial charge in [-0.15, -0.1) is 0 Å². The molecule has 178 valence electrons. The van der Waals surface area contributed by atoms with Crippen molar-refractivity contribution in [2.24, 2.45) is 11.8 Å². The summed E-state index contributed by atoms with van der Waals surface area (Å²) in [6, 6.07) is 10.4. The van der Waals surface area contributed by atoms with Gasteiger partial charge in [0.15, 0.2) is 0 Å². The number of anilines is 2. The van der Waals surface area contributed by atoms with Gasteiger partial charge in [0.2, 0.25) is 17.7 Å². The van der Waals surface area contributed by atoms with Crippen molar-refractivity contribution in [3.05, 3.63) is 59.6 Å². The highest BCUT2D eigenvalue weighted by molar-refractivity contribution is 7.92. The zero-order chi connectivity index (χ0) is 24.5. The summed E-state index contributed by atoms with van der Waals surface area (Å²) in [7, 11) is -2.71. The van der Waals surface area contributed by atoms with Gasteiger partial charge >= 0.3 is 0 Å². The van der Waals surface area contributed by atoms with Gasteiger partial charge in [0, 0.05) is 5.69 Å². The number of hydrogen-bond donors (Lipinski definition) is 2. The SMILES string of the molecule is COc1ccccc1NS(=O)(=O)c1cc(NC(=O)CN2C(=O)[C@H]3CC=CC[C@@H]3C2=O)ccc1Cl. The summed E-state index contributed by atoms with van der Waals surface area (Å²) < 4.78 is 33.5. The van der Waals surface area contributed by atoms with E-state index < -0.39 is 34.3 Å². The average Bonchev–Trinajstić information content (AvgIpc) is 3.05. The second-order valence-corrected chi connectivity index (χ2v) is 9.98. The fraction of sp³-hybridized carbons (Fsp3) is 0.261. The highest BCUT2D eigenvalue weighted by atomic mass is 35.5. The molecule has 3 amide bonds. The molecule has 0 unspecified atom stereocenters. The Balaban J connectivity index is 1.49. The molecule has 2 aliphatic rings. The molecular formula is C23H22ClN3O6S. The number of hydrogen-bond acceptors (Lipinski definition) is 6. The lowest BCUT2D eigenvalue weighted by atomic mass is 9.85. The normalized spacial score (nSPS) is 19.6. The minimum Gasteiger partial charge on any atom is -0.495 e. The number of imide groups is 1. The van der Waals surface area contributed by atoms with Crippen molar-refractivity contribution in [1.29, 1.82) is 0 Å². The van der Waals surface area contributed by atoms with Crippen LogP contribution in [0.3, 0.4) is 0 Å². The molecule has 2 N–H and O–H groups in total. The minimum absolute atomic E-state index is 0.0538. The lowest BCUT2D eigenvalue weighted by Gasteiger charge is -2.16. The third kappa shape index (κ3) is 4.64. The number of nitrogens with zero attached hydrogens (tertiary/aromatic N) is 1. The molecule has 4 rings (SSSR count). The van der Waals surface area contributed by atoms with Gasteiger partial charge in [0.1, 0.15) is 17.2 Å². The first-order valence-electron chi connectivity index (χ1n) is 10.5. The van der Waals surface area contributed by atoms with Crippen molar-refractivity contribution in [1.82, 2.24) is 4.90 Å². The van der Waals surface area contributed by atoms with E-state index in [0.717, 1.165) is 4.90 Å². The van der Waals surface area contributed by atoms with E-state index in [4.69, 9.17) is 16.3 Å². The summed E-state index contributed by atoms with van der Waals surface area (Å²) >= 11 is 6.14. The van der Waals surface area contributed by atoms with Crippen LogP contribution in [0, 0.1) is 11.8 Å². The van der Waals surface area contributed by atoms with Crippen molar-refractivity contribution in [3.63, 3.8) is 0 Å². The lowest BCUT2D eigenvalue weighted by Crippen LogP contribution is -2.38. The number of nitrogens with one attached hydrogen (secondary N) is 2. The van der Waals surface area contributed by atoms with E-state index in [1.165, 1.54) is 31.4 Å². The van der Waals surface area contributed by atoms with Crippen LogP contribution in [0.5, 0.6) is 5.75 Å². The van der Waals surface area contributed by atoms with Crippen LogP contribution >= 0.6 is 11.6 Å². The van der Waals surface area contributed by atoms with Crippen molar-refractivity contribution in [3.8, 4) is 5.75 Å². The second kappa shape index (κ2) is 9.47. The van der Waals surface area contributed by atoms with E-state index in [0.29, 0.717) is 18.6 Å². The summed E-state index contributed by atoms with van der Waals surface area (Å²) in [5.74, 6) is -1.90. The van der Waals surface area contributed by atoms with Gasteiger partial charge in [0.25, 0.3) is 10.0 Å². The van der Waals surface area contributed by atoms with Crippen molar-refractivity contribution in [2.45, 2.75) is 17.7 Å². The molecule has 2 aromatic rings. The van der Waals surface area contributed by atoms with Crippen LogP contribution in [0.4, 0.5) is 11.4 Å². The third-order valence-corrected chi connectivity index (χ3v) is 7.60. The number of allylic oxidation sites excluding steroid dienone is 2. The number of benzene rings is 2. The first-order chi connectivity index (χ1) is 16.2. The monoisotopic (exact) mass is 503 g/mol. The predicted octanol–water partition coefficient (Wildman–Crippen LogP) is 3.04. The Hall–Kier alpha value is -3.37. The Morgan fingerprint density at radius 2 is 1.74 bits per heavy atom. The molecule has 0 spiro atoms. The van der Waals surface area contributed by atoms with Crippen molar-refractivity contribution < 1.29 is 27.5 Å². The van der Waals surface area contributed by atoms with Crippen molar-refractivity contribution in [2.75, 3.05) is 23.7 Å². The average molecular weight is 504 g/mol. The maximum atomic E-state index is 13.0. The van der Waals surface area contributed by atoms with Crippen LogP contribution in [0.1, 0.15) is 12.8 Å². The van der Waals surface area contributed by atoms with Gasteiger partial charge in [-0.25, -0.2) is 8.42 Å². The molecule has 2 atom stereocenters. The maximum absolute atomic E-state index is 13.0. The highest BCUT2D eigenvalue weighted by Gasteiger charge is 2.47. The largest absolute Gasteiger partial charge is 0.495 e. The van der Waals surface area contributed by atoms with Gasteiger partial charge in [-0.1, -0.05) is 35.9 Å². The molecule has 1 fully saturated rings. The van der Waals surface area contributed by atoms with Gasteiger partial charge in [-0.05, 0) is 43.2 Å². The van der Waals surface area contributed by atoms with E-state index in [1.807, 2.05) is 12.2 Å². The van der Waals surface area contributed by atoms with E-state index in [1.54, 1.807) is 18.2 Å². The second-order valence-electron chi connectivity index (χ2n) is 7.92. The minimum atomic E-state index is -4.13. The van der Waals surface area contributed by atoms with Crippen LogP contribution in [0.15, 0.2) is 59.5 Å². The smallest absolute Gasteiger partial charge is 0.263 e. The summed E-state index contributed by atoms with van der Waals surface area (Å²) in [4.78, 5) is 38.4. The molecule has 34 heavy (non-hydrogen) atoms. The molecule has 0 saturated carbocycles. The highest BCUT2D eigenvalue weighted by Crippen LogP contribution is 2.35. The molecule has 0 bridgehead atoms. The summed E-state index contributed by atoms with van der Waals surface area (Å²) in [5, 5.41) is 2.49. The fourth-order valence-electron chi connectivity index (χ4n) is 4.08.